The summed E-state index contributed by atoms with van der Waals surface area (Å²) in [6.07, 6.45) is 2.19. The van der Waals surface area contributed by atoms with Crippen molar-refractivity contribution < 1.29 is 17.0 Å². The minimum atomic E-state index is -4.31. The lowest BCUT2D eigenvalue weighted by Crippen LogP contribution is -2.25. The Bertz CT molecular complexity index is 339. The van der Waals surface area contributed by atoms with Crippen LogP contribution in [0.1, 0.15) is 12.8 Å². The molecule has 0 aromatic heterocycles. The normalized spacial score (nSPS) is 52.2. The minimum absolute atomic E-state index is 0.0422. The van der Waals surface area contributed by atoms with Crippen molar-refractivity contribution in [2.24, 2.45) is 17.8 Å². The maximum absolute atomic E-state index is 12.4. The first-order valence-corrected chi connectivity index (χ1v) is 6.17. The zero-order valence-electron chi connectivity index (χ0n) is 7.02. The Hall–Kier alpha value is -0.160. The van der Waals surface area contributed by atoms with Crippen LogP contribution in [0.2, 0.25) is 0 Å². The van der Waals surface area contributed by atoms with Crippen LogP contribution in [0.5, 0.6) is 0 Å². The summed E-state index contributed by atoms with van der Waals surface area (Å²) in [5.41, 5.74) is 0. The van der Waals surface area contributed by atoms with Gasteiger partial charge in [-0.25, -0.2) is 0 Å². The average molecular weight is 206 g/mol. The predicted octanol–water partition coefficient (Wildman–Crippen LogP) is 0.709. The Labute approximate surface area is 76.5 Å². The van der Waals surface area contributed by atoms with Crippen molar-refractivity contribution in [2.45, 2.75) is 25.0 Å². The van der Waals surface area contributed by atoms with Gasteiger partial charge in [0.2, 0.25) is 0 Å². The van der Waals surface area contributed by atoms with Crippen LogP contribution in [0.3, 0.4) is 0 Å². The average Bonchev–Trinajstić information content (AvgIpc) is 2.59. The van der Waals surface area contributed by atoms with Crippen molar-refractivity contribution in [3.05, 3.63) is 0 Å². The fourth-order valence-corrected chi connectivity index (χ4v) is 3.82. The molecule has 0 amide bonds. The third-order valence-corrected chi connectivity index (χ3v) is 4.36. The molecule has 2 aliphatic heterocycles. The van der Waals surface area contributed by atoms with Crippen molar-refractivity contribution in [3.8, 4) is 0 Å². The smallest absolute Gasteiger partial charge is 0.302 e. The summed E-state index contributed by atoms with van der Waals surface area (Å²) in [6, 6.07) is 0. The van der Waals surface area contributed by atoms with E-state index in [1.807, 2.05) is 0 Å². The van der Waals surface area contributed by atoms with Gasteiger partial charge >= 0.3 is 10.2 Å². The summed E-state index contributed by atoms with van der Waals surface area (Å²) >= 11 is 0. The molecule has 0 N–H and O–H groups in total. The van der Waals surface area contributed by atoms with Crippen LogP contribution in [0.15, 0.2) is 0 Å². The van der Waals surface area contributed by atoms with Gasteiger partial charge in [0.15, 0.2) is 0 Å². The van der Waals surface area contributed by atoms with E-state index in [0.29, 0.717) is 11.8 Å². The quantitative estimate of drug-likeness (QED) is 0.625. The molecule has 0 unspecified atom stereocenters. The molecule has 0 spiro atoms. The van der Waals surface area contributed by atoms with Gasteiger partial charge in [0.05, 0.1) is 18.0 Å². The summed E-state index contributed by atoms with van der Waals surface area (Å²) < 4.78 is 38.9. The monoisotopic (exact) mass is 206 g/mol. The Morgan fingerprint density at radius 2 is 2.08 bits per heavy atom. The van der Waals surface area contributed by atoms with Gasteiger partial charge < -0.3 is 4.74 Å². The first-order chi connectivity index (χ1) is 6.04. The summed E-state index contributed by atoms with van der Waals surface area (Å²) in [5, 5.41) is 0. The van der Waals surface area contributed by atoms with E-state index in [1.54, 1.807) is 0 Å². The zero-order chi connectivity index (χ0) is 9.22. The van der Waals surface area contributed by atoms with Crippen molar-refractivity contribution in [2.75, 3.05) is 5.75 Å². The van der Waals surface area contributed by atoms with Gasteiger partial charge in [-0.3, -0.25) is 0 Å². The first kappa shape index (κ1) is 8.17. The first-order valence-electron chi connectivity index (χ1n) is 4.62. The topological polar surface area (TPSA) is 43.4 Å². The zero-order valence-corrected chi connectivity index (χ0v) is 7.84. The third-order valence-electron chi connectivity index (χ3n) is 3.54. The highest BCUT2D eigenvalue weighted by atomic mass is 32.3. The summed E-state index contributed by atoms with van der Waals surface area (Å²) in [4.78, 5) is 0. The summed E-state index contributed by atoms with van der Waals surface area (Å²) in [6.45, 7) is 0. The van der Waals surface area contributed by atoms with Crippen LogP contribution in [0.4, 0.5) is 3.89 Å². The van der Waals surface area contributed by atoms with E-state index in [1.165, 1.54) is 0 Å². The Morgan fingerprint density at radius 3 is 2.62 bits per heavy atom. The maximum Gasteiger partial charge on any atom is 0.302 e. The molecule has 13 heavy (non-hydrogen) atoms. The van der Waals surface area contributed by atoms with E-state index in [-0.39, 0.29) is 23.9 Å². The van der Waals surface area contributed by atoms with Gasteiger partial charge in [-0.05, 0) is 24.7 Å². The highest BCUT2D eigenvalue weighted by Crippen LogP contribution is 2.60. The molecule has 2 heterocycles. The SMILES string of the molecule is O=S(=O)(F)C[C@@H]1C[C@@H]2O[C@H]1[C@H]1C[C@H]12. The van der Waals surface area contributed by atoms with Crippen molar-refractivity contribution in [1.29, 1.82) is 0 Å². The van der Waals surface area contributed by atoms with Crippen LogP contribution in [-0.2, 0) is 15.0 Å². The summed E-state index contributed by atoms with van der Waals surface area (Å²) in [5.74, 6) is 0.801. The number of hydrogen-bond donors (Lipinski definition) is 0. The second-order valence-electron chi connectivity index (χ2n) is 4.40. The van der Waals surface area contributed by atoms with Crippen LogP contribution in [-0.4, -0.2) is 26.4 Å². The number of hydrogen-bond acceptors (Lipinski definition) is 3. The van der Waals surface area contributed by atoms with E-state index in [0.717, 1.165) is 12.8 Å². The Morgan fingerprint density at radius 1 is 1.31 bits per heavy atom. The van der Waals surface area contributed by atoms with Gasteiger partial charge in [0, 0.05) is 5.92 Å². The third kappa shape index (κ3) is 1.21. The Kier molecular flexibility index (Phi) is 1.42. The molecule has 74 valence electrons. The van der Waals surface area contributed by atoms with Gasteiger partial charge in [-0.2, -0.15) is 8.42 Å². The Balaban J connectivity index is 1.75. The van der Waals surface area contributed by atoms with Gasteiger partial charge in [-0.15, -0.1) is 3.89 Å². The molecular weight excluding hydrogens is 195 g/mol. The lowest BCUT2D eigenvalue weighted by atomic mass is 9.91. The second kappa shape index (κ2) is 2.25. The van der Waals surface area contributed by atoms with Gasteiger partial charge in [0.25, 0.3) is 0 Å². The highest BCUT2D eigenvalue weighted by molar-refractivity contribution is 7.86. The molecular formula is C8H11FO3S. The van der Waals surface area contributed by atoms with Gasteiger partial charge in [-0.1, -0.05) is 0 Å². The molecule has 0 aromatic carbocycles. The second-order valence-corrected chi connectivity index (χ2v) is 5.81. The molecule has 3 nitrogen and oxygen atoms in total. The van der Waals surface area contributed by atoms with E-state index in [9.17, 15) is 12.3 Å². The van der Waals surface area contributed by atoms with E-state index in [4.69, 9.17) is 4.74 Å². The minimum Gasteiger partial charge on any atom is -0.374 e. The molecule has 3 aliphatic rings. The van der Waals surface area contributed by atoms with Crippen LogP contribution in [0, 0.1) is 17.8 Å². The summed E-state index contributed by atoms with van der Waals surface area (Å²) in [7, 11) is -4.31. The fourth-order valence-electron chi connectivity index (χ4n) is 2.99. The largest absolute Gasteiger partial charge is 0.374 e. The maximum atomic E-state index is 12.4. The fraction of sp³-hybridized carbons (Fsp3) is 1.00. The lowest BCUT2D eigenvalue weighted by Gasteiger charge is -2.15. The lowest BCUT2D eigenvalue weighted by molar-refractivity contribution is 0.0634. The molecule has 5 heteroatoms. The molecule has 3 fully saturated rings. The molecule has 1 saturated carbocycles. The molecule has 1 aliphatic carbocycles. The van der Waals surface area contributed by atoms with Crippen LogP contribution >= 0.6 is 0 Å². The van der Waals surface area contributed by atoms with Crippen molar-refractivity contribution in [3.63, 3.8) is 0 Å². The van der Waals surface area contributed by atoms with E-state index in [2.05, 4.69) is 0 Å². The van der Waals surface area contributed by atoms with Crippen molar-refractivity contribution in [1.82, 2.24) is 0 Å². The number of rotatable bonds is 2. The molecule has 5 atom stereocenters. The van der Waals surface area contributed by atoms with Gasteiger partial charge in [0.1, 0.15) is 0 Å². The van der Waals surface area contributed by atoms with Crippen molar-refractivity contribution >= 4 is 10.2 Å². The number of fused-ring (bicyclic) bond motifs is 5. The highest BCUT2D eigenvalue weighted by Gasteiger charge is 2.62. The molecule has 2 bridgehead atoms. The molecule has 0 aromatic rings. The van der Waals surface area contributed by atoms with E-state index >= 15 is 0 Å². The van der Waals surface area contributed by atoms with Crippen LogP contribution < -0.4 is 0 Å². The predicted molar refractivity (Wildman–Crippen MR) is 43.3 cm³/mol. The molecule has 3 rings (SSSR count). The number of halogens is 1. The molecule has 2 saturated heterocycles. The number of ether oxygens (including phenoxy) is 1. The van der Waals surface area contributed by atoms with E-state index < -0.39 is 10.2 Å². The standard InChI is InChI=1S/C8H11FO3S/c9-13(10,11)3-4-1-7-5-2-6(5)8(4)12-7/h4-8H,1-3H2/t4-,5+,6-,7-,8+/m0/s1. The van der Waals surface area contributed by atoms with Crippen LogP contribution in [0.25, 0.3) is 0 Å². The molecule has 0 radical (unpaired) electrons.